The quantitative estimate of drug-likeness (QED) is 0.843. The second-order valence-electron chi connectivity index (χ2n) is 5.89. The summed E-state index contributed by atoms with van der Waals surface area (Å²) in [5.41, 5.74) is 1.03. The summed E-state index contributed by atoms with van der Waals surface area (Å²) in [6, 6.07) is 0.443. The Bertz CT molecular complexity index is 463. The van der Waals surface area contributed by atoms with Crippen molar-refractivity contribution in [2.45, 2.75) is 45.1 Å². The number of carbonyl (C=O) groups is 1. The van der Waals surface area contributed by atoms with E-state index in [2.05, 4.69) is 9.97 Å². The van der Waals surface area contributed by atoms with Crippen LogP contribution in [0.1, 0.15) is 37.7 Å². The fourth-order valence-electron chi connectivity index (χ4n) is 2.51. The highest BCUT2D eigenvalue weighted by atomic mass is 16.5. The number of carbonyl (C=O) groups excluding carboxylic acids is 1. The van der Waals surface area contributed by atoms with Crippen molar-refractivity contribution in [1.82, 2.24) is 14.9 Å². The maximum absolute atomic E-state index is 12.0. The summed E-state index contributed by atoms with van der Waals surface area (Å²) in [7, 11) is 0. The van der Waals surface area contributed by atoms with E-state index in [1.54, 1.807) is 12.4 Å². The van der Waals surface area contributed by atoms with E-state index in [9.17, 15) is 4.79 Å². The van der Waals surface area contributed by atoms with Crippen LogP contribution in [-0.2, 0) is 4.79 Å². The number of aromatic nitrogens is 2. The van der Waals surface area contributed by atoms with Crippen LogP contribution >= 0.6 is 0 Å². The first-order chi connectivity index (χ1) is 9.70. The first-order valence-corrected chi connectivity index (χ1v) is 7.44. The molecule has 1 amide bonds. The minimum Gasteiger partial charge on any atom is -0.460 e. The van der Waals surface area contributed by atoms with E-state index in [4.69, 9.17) is 4.74 Å². The molecule has 0 bridgehead atoms. The summed E-state index contributed by atoms with van der Waals surface area (Å²) in [6.07, 6.45) is 8.59. The Hall–Kier alpha value is -1.65. The fraction of sp³-hybridized carbons (Fsp3) is 0.667. The van der Waals surface area contributed by atoms with E-state index >= 15 is 0 Å². The van der Waals surface area contributed by atoms with Crippen molar-refractivity contribution in [3.05, 3.63) is 18.0 Å². The topological polar surface area (TPSA) is 55.3 Å². The van der Waals surface area contributed by atoms with Gasteiger partial charge in [0.05, 0.1) is 0 Å². The van der Waals surface area contributed by atoms with Gasteiger partial charge in [0.2, 0.25) is 5.91 Å². The molecule has 1 saturated heterocycles. The lowest BCUT2D eigenvalue weighted by molar-refractivity contribution is -0.133. The predicted octanol–water partition coefficient (Wildman–Crippen LogP) is 1.95. The van der Waals surface area contributed by atoms with E-state index in [1.807, 2.05) is 11.8 Å². The number of aryl methyl sites for hydroxylation is 1. The summed E-state index contributed by atoms with van der Waals surface area (Å²) >= 11 is 0. The zero-order valence-electron chi connectivity index (χ0n) is 11.9. The highest BCUT2D eigenvalue weighted by molar-refractivity contribution is 5.76. The molecule has 1 aliphatic carbocycles. The van der Waals surface area contributed by atoms with Gasteiger partial charge in [0.1, 0.15) is 6.10 Å². The molecule has 1 aromatic heterocycles. The molecule has 0 aromatic carbocycles. The third kappa shape index (κ3) is 3.46. The Morgan fingerprint density at radius 3 is 2.50 bits per heavy atom. The zero-order valence-corrected chi connectivity index (χ0v) is 11.9. The van der Waals surface area contributed by atoms with Gasteiger partial charge in [-0.1, -0.05) is 0 Å². The van der Waals surface area contributed by atoms with E-state index < -0.39 is 0 Å². The lowest BCUT2D eigenvalue weighted by atomic mass is 10.1. The van der Waals surface area contributed by atoms with Crippen molar-refractivity contribution in [3.8, 4) is 6.01 Å². The van der Waals surface area contributed by atoms with Gasteiger partial charge in [0, 0.05) is 44.7 Å². The minimum atomic E-state index is 0.127. The van der Waals surface area contributed by atoms with Gasteiger partial charge in [-0.05, 0) is 31.2 Å². The van der Waals surface area contributed by atoms with Crippen LogP contribution in [0.2, 0.25) is 0 Å². The average molecular weight is 275 g/mol. The monoisotopic (exact) mass is 275 g/mol. The third-order valence-corrected chi connectivity index (χ3v) is 3.98. The van der Waals surface area contributed by atoms with Crippen molar-refractivity contribution in [2.24, 2.45) is 5.92 Å². The molecule has 20 heavy (non-hydrogen) atoms. The van der Waals surface area contributed by atoms with Gasteiger partial charge in [-0.2, -0.15) is 0 Å². The zero-order chi connectivity index (χ0) is 13.9. The Labute approximate surface area is 119 Å². The van der Waals surface area contributed by atoms with Crippen molar-refractivity contribution in [1.29, 1.82) is 0 Å². The molecule has 108 valence electrons. The van der Waals surface area contributed by atoms with Crippen molar-refractivity contribution in [2.75, 3.05) is 13.1 Å². The molecule has 2 aliphatic rings. The Balaban J connectivity index is 1.45. The van der Waals surface area contributed by atoms with E-state index in [0.717, 1.165) is 37.9 Å². The van der Waals surface area contributed by atoms with Crippen LogP contribution in [0, 0.1) is 12.8 Å². The number of piperidine rings is 1. The predicted molar refractivity (Wildman–Crippen MR) is 74.3 cm³/mol. The molecule has 1 aromatic rings. The van der Waals surface area contributed by atoms with Gasteiger partial charge in [0.25, 0.3) is 0 Å². The van der Waals surface area contributed by atoms with Gasteiger partial charge in [-0.25, -0.2) is 9.97 Å². The molecule has 3 rings (SSSR count). The summed E-state index contributed by atoms with van der Waals surface area (Å²) < 4.78 is 5.77. The molecule has 1 aliphatic heterocycles. The van der Waals surface area contributed by atoms with Crippen LogP contribution < -0.4 is 4.74 Å². The Kier molecular flexibility index (Phi) is 3.85. The molecule has 2 fully saturated rings. The first-order valence-electron chi connectivity index (χ1n) is 7.44. The normalized spacial score (nSPS) is 19.9. The molecular weight excluding hydrogens is 254 g/mol. The van der Waals surface area contributed by atoms with Crippen LogP contribution in [0.25, 0.3) is 0 Å². The van der Waals surface area contributed by atoms with Crippen molar-refractivity contribution in [3.63, 3.8) is 0 Å². The van der Waals surface area contributed by atoms with Crippen LogP contribution in [0.4, 0.5) is 0 Å². The number of rotatable bonds is 4. The molecule has 0 radical (unpaired) electrons. The SMILES string of the molecule is Cc1cnc(OC2CCN(C(=O)CC3CC3)CC2)nc1. The van der Waals surface area contributed by atoms with Crippen LogP contribution in [0.15, 0.2) is 12.4 Å². The summed E-state index contributed by atoms with van der Waals surface area (Å²) in [6.45, 7) is 3.54. The number of hydrogen-bond donors (Lipinski definition) is 0. The summed E-state index contributed by atoms with van der Waals surface area (Å²) in [4.78, 5) is 22.3. The maximum Gasteiger partial charge on any atom is 0.316 e. The molecule has 2 heterocycles. The Morgan fingerprint density at radius 1 is 1.25 bits per heavy atom. The standard InChI is InChI=1S/C15H21N3O2/c1-11-9-16-15(17-10-11)20-13-4-6-18(7-5-13)14(19)8-12-2-3-12/h9-10,12-13H,2-8H2,1H3. The summed E-state index contributed by atoms with van der Waals surface area (Å²) in [5, 5.41) is 0. The molecular formula is C15H21N3O2. The van der Waals surface area contributed by atoms with Gasteiger partial charge >= 0.3 is 6.01 Å². The number of hydrogen-bond acceptors (Lipinski definition) is 4. The highest BCUT2D eigenvalue weighted by Crippen LogP contribution is 2.33. The third-order valence-electron chi connectivity index (χ3n) is 3.98. The van der Waals surface area contributed by atoms with Gasteiger partial charge in [0.15, 0.2) is 0 Å². The Morgan fingerprint density at radius 2 is 1.90 bits per heavy atom. The van der Waals surface area contributed by atoms with Gasteiger partial charge in [-0.15, -0.1) is 0 Å². The van der Waals surface area contributed by atoms with Gasteiger partial charge < -0.3 is 9.64 Å². The van der Waals surface area contributed by atoms with Crippen molar-refractivity contribution < 1.29 is 9.53 Å². The summed E-state index contributed by atoms with van der Waals surface area (Å²) in [5.74, 6) is 0.981. The molecule has 0 unspecified atom stereocenters. The number of amides is 1. The molecule has 1 saturated carbocycles. The van der Waals surface area contributed by atoms with Crippen LogP contribution in [-0.4, -0.2) is 40.0 Å². The fourth-order valence-corrected chi connectivity index (χ4v) is 2.51. The lowest BCUT2D eigenvalue weighted by Gasteiger charge is -2.31. The van der Waals surface area contributed by atoms with Crippen LogP contribution in [0.3, 0.4) is 0 Å². The highest BCUT2D eigenvalue weighted by Gasteiger charge is 2.29. The number of ether oxygens (including phenoxy) is 1. The van der Waals surface area contributed by atoms with Crippen molar-refractivity contribution >= 4 is 5.91 Å². The second kappa shape index (κ2) is 5.77. The molecule has 5 nitrogen and oxygen atoms in total. The van der Waals surface area contributed by atoms with E-state index in [0.29, 0.717) is 17.8 Å². The maximum atomic E-state index is 12.0. The smallest absolute Gasteiger partial charge is 0.316 e. The van der Waals surface area contributed by atoms with E-state index in [-0.39, 0.29) is 6.10 Å². The van der Waals surface area contributed by atoms with Crippen LogP contribution in [0.5, 0.6) is 6.01 Å². The molecule has 0 atom stereocenters. The number of nitrogens with zero attached hydrogens (tertiary/aromatic N) is 3. The molecule has 0 N–H and O–H groups in total. The number of likely N-dealkylation sites (tertiary alicyclic amines) is 1. The second-order valence-corrected chi connectivity index (χ2v) is 5.89. The van der Waals surface area contributed by atoms with E-state index in [1.165, 1.54) is 12.8 Å². The minimum absolute atomic E-state index is 0.127. The largest absolute Gasteiger partial charge is 0.460 e. The molecule has 5 heteroatoms. The first kappa shape index (κ1) is 13.3. The lowest BCUT2D eigenvalue weighted by Crippen LogP contribution is -2.42. The van der Waals surface area contributed by atoms with Gasteiger partial charge in [-0.3, -0.25) is 4.79 Å². The molecule has 0 spiro atoms. The average Bonchev–Trinajstić information content (AvgIpc) is 3.26.